The van der Waals surface area contributed by atoms with E-state index in [-0.39, 0.29) is 17.2 Å². The third-order valence-corrected chi connectivity index (χ3v) is 3.61. The predicted octanol–water partition coefficient (Wildman–Crippen LogP) is 0.678. The Balaban J connectivity index is 2.14. The molecule has 1 aromatic rings. The fourth-order valence-corrected chi connectivity index (χ4v) is 2.23. The van der Waals surface area contributed by atoms with Crippen molar-refractivity contribution >= 4 is 11.8 Å². The molecule has 2 rings (SSSR count). The zero-order valence-electron chi connectivity index (χ0n) is 12.7. The summed E-state index contributed by atoms with van der Waals surface area (Å²) in [5.74, 6) is -0.277. The van der Waals surface area contributed by atoms with Crippen molar-refractivity contribution in [1.82, 2.24) is 20.0 Å². The van der Waals surface area contributed by atoms with E-state index in [0.29, 0.717) is 18.7 Å². The third kappa shape index (κ3) is 2.69. The van der Waals surface area contributed by atoms with Crippen LogP contribution in [0.15, 0.2) is 6.07 Å². The van der Waals surface area contributed by atoms with Gasteiger partial charge in [-0.15, -0.1) is 0 Å². The zero-order chi connectivity index (χ0) is 15.1. The second-order valence-electron chi connectivity index (χ2n) is 6.36. The van der Waals surface area contributed by atoms with Gasteiger partial charge in [0.25, 0.3) is 5.91 Å². The minimum Gasteiger partial charge on any atom is -0.344 e. The molecule has 0 bridgehead atoms. The van der Waals surface area contributed by atoms with Crippen LogP contribution < -0.4 is 5.32 Å². The maximum absolute atomic E-state index is 12.3. The van der Waals surface area contributed by atoms with Gasteiger partial charge in [0, 0.05) is 26.1 Å². The minimum atomic E-state index is -0.416. The highest BCUT2D eigenvalue weighted by molar-refractivity contribution is 5.96. The molecule has 1 atom stereocenters. The van der Waals surface area contributed by atoms with Crippen LogP contribution in [0.1, 0.15) is 43.4 Å². The zero-order valence-corrected chi connectivity index (χ0v) is 12.7. The molecule has 0 aromatic carbocycles. The average Bonchev–Trinajstić information content (AvgIpc) is 2.86. The lowest BCUT2D eigenvalue weighted by atomic mass is 9.92. The quantitative estimate of drug-likeness (QED) is 0.865. The van der Waals surface area contributed by atoms with Crippen molar-refractivity contribution < 1.29 is 9.59 Å². The first-order chi connectivity index (χ1) is 9.20. The van der Waals surface area contributed by atoms with Crippen LogP contribution in [0.2, 0.25) is 0 Å². The molecule has 1 aromatic heterocycles. The van der Waals surface area contributed by atoms with Crippen LogP contribution >= 0.6 is 0 Å². The van der Waals surface area contributed by atoms with Crippen LogP contribution in [0.3, 0.4) is 0 Å². The Labute approximate surface area is 119 Å². The molecule has 2 heterocycles. The molecule has 1 saturated heterocycles. The van der Waals surface area contributed by atoms with Gasteiger partial charge in [0.2, 0.25) is 5.91 Å². The van der Waals surface area contributed by atoms with Gasteiger partial charge in [-0.3, -0.25) is 14.3 Å². The number of hydrogen-bond acceptors (Lipinski definition) is 3. The summed E-state index contributed by atoms with van der Waals surface area (Å²) < 4.78 is 1.57. The Bertz CT molecular complexity index is 542. The Hall–Kier alpha value is -1.85. The summed E-state index contributed by atoms with van der Waals surface area (Å²) in [6.07, 6.45) is 0.658. The highest BCUT2D eigenvalue weighted by atomic mass is 16.2. The fraction of sp³-hybridized carbons (Fsp3) is 0.643. The first-order valence-electron chi connectivity index (χ1n) is 6.80. The van der Waals surface area contributed by atoms with E-state index in [1.165, 1.54) is 0 Å². The van der Waals surface area contributed by atoms with Crippen molar-refractivity contribution in [2.45, 2.75) is 38.6 Å². The van der Waals surface area contributed by atoms with Crippen molar-refractivity contribution in [2.75, 3.05) is 13.6 Å². The Kier molecular flexibility index (Phi) is 3.58. The SMILES string of the molecule is CN1CC[C@@H](NC(=O)c2cc(C(C)(C)C)nn2C)C1=O. The smallest absolute Gasteiger partial charge is 0.270 e. The lowest BCUT2D eigenvalue weighted by Gasteiger charge is -2.13. The van der Waals surface area contributed by atoms with Crippen molar-refractivity contribution in [3.05, 3.63) is 17.5 Å². The molecule has 6 heteroatoms. The predicted molar refractivity (Wildman–Crippen MR) is 75.4 cm³/mol. The summed E-state index contributed by atoms with van der Waals surface area (Å²) in [5.41, 5.74) is 1.23. The van der Waals surface area contributed by atoms with Crippen LogP contribution in [0.5, 0.6) is 0 Å². The Morgan fingerprint density at radius 1 is 1.40 bits per heavy atom. The first-order valence-corrected chi connectivity index (χ1v) is 6.80. The number of nitrogens with zero attached hydrogens (tertiary/aromatic N) is 3. The van der Waals surface area contributed by atoms with Crippen molar-refractivity contribution in [3.63, 3.8) is 0 Å². The third-order valence-electron chi connectivity index (χ3n) is 3.61. The van der Waals surface area contributed by atoms with Gasteiger partial charge in [-0.25, -0.2) is 0 Å². The molecule has 1 aliphatic rings. The van der Waals surface area contributed by atoms with E-state index in [1.807, 2.05) is 20.8 Å². The number of aromatic nitrogens is 2. The molecule has 0 radical (unpaired) electrons. The topological polar surface area (TPSA) is 67.2 Å². The monoisotopic (exact) mass is 278 g/mol. The summed E-state index contributed by atoms with van der Waals surface area (Å²) in [6.45, 7) is 6.83. The van der Waals surface area contributed by atoms with E-state index in [0.717, 1.165) is 5.69 Å². The van der Waals surface area contributed by atoms with Crippen molar-refractivity contribution in [2.24, 2.45) is 7.05 Å². The number of carbonyl (C=O) groups is 2. The number of hydrogen-bond donors (Lipinski definition) is 1. The number of likely N-dealkylation sites (N-methyl/N-ethyl adjacent to an activating group) is 1. The van der Waals surface area contributed by atoms with Gasteiger partial charge in [-0.05, 0) is 12.5 Å². The normalized spacial score (nSPS) is 19.6. The van der Waals surface area contributed by atoms with Gasteiger partial charge in [0.1, 0.15) is 11.7 Å². The molecule has 20 heavy (non-hydrogen) atoms. The fourth-order valence-electron chi connectivity index (χ4n) is 2.23. The van der Waals surface area contributed by atoms with E-state index in [9.17, 15) is 9.59 Å². The van der Waals surface area contributed by atoms with Crippen molar-refractivity contribution in [3.8, 4) is 0 Å². The lowest BCUT2D eigenvalue weighted by molar-refractivity contribution is -0.128. The molecule has 0 spiro atoms. The molecule has 0 unspecified atom stereocenters. The molecular formula is C14H22N4O2. The maximum Gasteiger partial charge on any atom is 0.270 e. The van der Waals surface area contributed by atoms with E-state index < -0.39 is 6.04 Å². The number of amides is 2. The molecule has 0 saturated carbocycles. The summed E-state index contributed by atoms with van der Waals surface area (Å²) in [4.78, 5) is 25.7. The molecule has 1 aliphatic heterocycles. The van der Waals surface area contributed by atoms with Crippen LogP contribution in [-0.4, -0.2) is 46.1 Å². The highest BCUT2D eigenvalue weighted by Crippen LogP contribution is 2.21. The van der Waals surface area contributed by atoms with Gasteiger partial charge >= 0.3 is 0 Å². The average molecular weight is 278 g/mol. The summed E-state index contributed by atoms with van der Waals surface area (Å²) in [5, 5.41) is 7.16. The standard InChI is InChI=1S/C14H22N4O2/c1-14(2,3)11-8-10(18(5)16-11)12(19)15-9-6-7-17(4)13(9)20/h8-9H,6-7H2,1-5H3,(H,15,19)/t9-/m1/s1. The molecule has 110 valence electrons. The van der Waals surface area contributed by atoms with Gasteiger partial charge in [0.05, 0.1) is 5.69 Å². The molecule has 2 amide bonds. The number of nitrogens with one attached hydrogen (secondary N) is 1. The minimum absolute atomic E-state index is 0.0310. The summed E-state index contributed by atoms with van der Waals surface area (Å²) in [7, 11) is 3.49. The first kappa shape index (κ1) is 14.6. The van der Waals surface area contributed by atoms with Crippen LogP contribution in [0.25, 0.3) is 0 Å². The van der Waals surface area contributed by atoms with E-state index in [2.05, 4.69) is 10.4 Å². The Morgan fingerprint density at radius 2 is 2.05 bits per heavy atom. The second-order valence-corrected chi connectivity index (χ2v) is 6.36. The van der Waals surface area contributed by atoms with Gasteiger partial charge in [0.15, 0.2) is 0 Å². The van der Waals surface area contributed by atoms with E-state index in [4.69, 9.17) is 0 Å². The highest BCUT2D eigenvalue weighted by Gasteiger charge is 2.31. The van der Waals surface area contributed by atoms with Crippen LogP contribution in [-0.2, 0) is 17.3 Å². The van der Waals surface area contributed by atoms with Gasteiger partial charge in [-0.1, -0.05) is 20.8 Å². The van der Waals surface area contributed by atoms with Gasteiger partial charge in [-0.2, -0.15) is 5.10 Å². The lowest BCUT2D eigenvalue weighted by Crippen LogP contribution is -2.41. The number of carbonyl (C=O) groups excluding carboxylic acids is 2. The molecule has 0 aliphatic carbocycles. The molecule has 1 N–H and O–H groups in total. The van der Waals surface area contributed by atoms with Crippen LogP contribution in [0.4, 0.5) is 0 Å². The summed E-state index contributed by atoms with van der Waals surface area (Å²) in [6, 6.07) is 1.37. The second kappa shape index (κ2) is 4.92. The summed E-state index contributed by atoms with van der Waals surface area (Å²) >= 11 is 0. The molecule has 6 nitrogen and oxygen atoms in total. The van der Waals surface area contributed by atoms with E-state index >= 15 is 0 Å². The molecular weight excluding hydrogens is 256 g/mol. The largest absolute Gasteiger partial charge is 0.344 e. The Morgan fingerprint density at radius 3 is 2.50 bits per heavy atom. The number of likely N-dealkylation sites (tertiary alicyclic amines) is 1. The van der Waals surface area contributed by atoms with E-state index in [1.54, 1.807) is 29.7 Å². The maximum atomic E-state index is 12.3. The van der Waals surface area contributed by atoms with Crippen molar-refractivity contribution in [1.29, 1.82) is 0 Å². The number of aryl methyl sites for hydroxylation is 1. The van der Waals surface area contributed by atoms with Crippen LogP contribution in [0, 0.1) is 0 Å². The number of rotatable bonds is 2. The van der Waals surface area contributed by atoms with Gasteiger partial charge < -0.3 is 10.2 Å². The molecule has 1 fully saturated rings.